The number of hydrogen-bond acceptors (Lipinski definition) is 1. The van der Waals surface area contributed by atoms with Crippen molar-refractivity contribution in [3.63, 3.8) is 0 Å². The van der Waals surface area contributed by atoms with Gasteiger partial charge in [-0.25, -0.2) is 0 Å². The number of rotatable bonds is 9. The standard InChI is InChI=1S/C16H24O/c1-2-3-4-5-6-10-14-17-15-13-16-11-8-7-9-12-16/h7-9,11-13,15H,2-6,10,14H2,1H3/b15-13+. The first kappa shape index (κ1) is 13.8. The SMILES string of the molecule is CCCCCCCCO/C=C/c1ccccc1. The summed E-state index contributed by atoms with van der Waals surface area (Å²) >= 11 is 0. The van der Waals surface area contributed by atoms with Crippen molar-refractivity contribution in [2.45, 2.75) is 45.4 Å². The molecule has 1 aromatic rings. The molecule has 0 bridgehead atoms. The molecule has 0 aliphatic heterocycles. The normalized spacial score (nSPS) is 10.9. The Morgan fingerprint density at radius 3 is 2.41 bits per heavy atom. The van der Waals surface area contributed by atoms with E-state index in [1.807, 2.05) is 24.3 Å². The zero-order valence-corrected chi connectivity index (χ0v) is 10.9. The lowest BCUT2D eigenvalue weighted by Crippen LogP contribution is -1.87. The van der Waals surface area contributed by atoms with Gasteiger partial charge in [0, 0.05) is 0 Å². The number of hydrogen-bond donors (Lipinski definition) is 0. The Morgan fingerprint density at radius 2 is 1.65 bits per heavy atom. The maximum atomic E-state index is 5.46. The lowest BCUT2D eigenvalue weighted by Gasteiger charge is -2.01. The molecule has 1 aromatic carbocycles. The largest absolute Gasteiger partial charge is 0.501 e. The Bertz CT molecular complexity index is 290. The zero-order chi connectivity index (χ0) is 12.2. The van der Waals surface area contributed by atoms with Crippen molar-refractivity contribution < 1.29 is 4.74 Å². The third-order valence-corrected chi connectivity index (χ3v) is 2.77. The van der Waals surface area contributed by atoms with Gasteiger partial charge in [0.15, 0.2) is 0 Å². The first-order valence-corrected chi connectivity index (χ1v) is 6.76. The summed E-state index contributed by atoms with van der Waals surface area (Å²) in [5.74, 6) is 0. The summed E-state index contributed by atoms with van der Waals surface area (Å²) < 4.78 is 5.46. The fourth-order valence-electron chi connectivity index (χ4n) is 1.72. The Morgan fingerprint density at radius 1 is 0.941 bits per heavy atom. The molecule has 0 atom stereocenters. The lowest BCUT2D eigenvalue weighted by atomic mass is 10.1. The van der Waals surface area contributed by atoms with Crippen LogP contribution in [0.2, 0.25) is 0 Å². The van der Waals surface area contributed by atoms with Gasteiger partial charge in [0.25, 0.3) is 0 Å². The van der Waals surface area contributed by atoms with E-state index in [2.05, 4.69) is 19.1 Å². The molecule has 17 heavy (non-hydrogen) atoms. The van der Waals surface area contributed by atoms with E-state index < -0.39 is 0 Å². The van der Waals surface area contributed by atoms with Crippen molar-refractivity contribution in [1.29, 1.82) is 0 Å². The van der Waals surface area contributed by atoms with Crippen molar-refractivity contribution >= 4 is 6.08 Å². The van der Waals surface area contributed by atoms with Crippen molar-refractivity contribution in [1.82, 2.24) is 0 Å². The molecule has 1 heteroatoms. The van der Waals surface area contributed by atoms with Gasteiger partial charge in [-0.05, 0) is 18.1 Å². The summed E-state index contributed by atoms with van der Waals surface area (Å²) in [7, 11) is 0. The van der Waals surface area contributed by atoms with Gasteiger partial charge in [0.2, 0.25) is 0 Å². The van der Waals surface area contributed by atoms with Crippen molar-refractivity contribution in [3.8, 4) is 0 Å². The van der Waals surface area contributed by atoms with E-state index >= 15 is 0 Å². The van der Waals surface area contributed by atoms with Crippen LogP contribution in [0.25, 0.3) is 6.08 Å². The van der Waals surface area contributed by atoms with E-state index in [0.717, 1.165) is 6.61 Å². The van der Waals surface area contributed by atoms with E-state index in [1.165, 1.54) is 44.1 Å². The third kappa shape index (κ3) is 7.62. The minimum atomic E-state index is 0.843. The van der Waals surface area contributed by atoms with E-state index in [-0.39, 0.29) is 0 Å². The van der Waals surface area contributed by atoms with Crippen LogP contribution < -0.4 is 0 Å². The predicted octanol–water partition coefficient (Wildman–Crippen LogP) is 5.03. The highest BCUT2D eigenvalue weighted by molar-refractivity contribution is 5.47. The number of unbranched alkanes of at least 4 members (excludes halogenated alkanes) is 5. The van der Waals surface area contributed by atoms with Crippen LogP contribution in [-0.4, -0.2) is 6.61 Å². The van der Waals surface area contributed by atoms with Crippen LogP contribution in [0.15, 0.2) is 36.6 Å². The molecule has 0 aliphatic carbocycles. The molecule has 0 aromatic heterocycles. The van der Waals surface area contributed by atoms with E-state index in [1.54, 1.807) is 6.26 Å². The van der Waals surface area contributed by atoms with Gasteiger partial charge in [0.05, 0.1) is 12.9 Å². The second kappa shape index (κ2) is 9.95. The average Bonchev–Trinajstić information content (AvgIpc) is 2.38. The molecule has 1 rings (SSSR count). The van der Waals surface area contributed by atoms with Gasteiger partial charge in [-0.1, -0.05) is 69.4 Å². The topological polar surface area (TPSA) is 9.23 Å². The fourth-order valence-corrected chi connectivity index (χ4v) is 1.72. The van der Waals surface area contributed by atoms with Gasteiger partial charge in [-0.15, -0.1) is 0 Å². The van der Waals surface area contributed by atoms with Gasteiger partial charge >= 0.3 is 0 Å². The predicted molar refractivity (Wildman–Crippen MR) is 74.8 cm³/mol. The van der Waals surface area contributed by atoms with E-state index in [4.69, 9.17) is 4.74 Å². The summed E-state index contributed by atoms with van der Waals surface area (Å²) in [6, 6.07) is 10.2. The first-order chi connectivity index (χ1) is 8.43. The van der Waals surface area contributed by atoms with Crippen molar-refractivity contribution in [3.05, 3.63) is 42.2 Å². The van der Waals surface area contributed by atoms with Gasteiger partial charge < -0.3 is 4.74 Å². The minimum Gasteiger partial charge on any atom is -0.501 e. The second-order valence-corrected chi connectivity index (χ2v) is 4.35. The quantitative estimate of drug-likeness (QED) is 0.428. The smallest absolute Gasteiger partial charge is 0.0873 e. The Labute approximate surface area is 106 Å². The molecular formula is C16H24O. The molecule has 0 heterocycles. The maximum absolute atomic E-state index is 5.46. The molecule has 0 aliphatic rings. The molecule has 0 unspecified atom stereocenters. The third-order valence-electron chi connectivity index (χ3n) is 2.77. The summed E-state index contributed by atoms with van der Waals surface area (Å²) in [5.41, 5.74) is 1.19. The molecule has 94 valence electrons. The fraction of sp³-hybridized carbons (Fsp3) is 0.500. The molecule has 0 saturated carbocycles. The van der Waals surface area contributed by atoms with Gasteiger partial charge in [0.1, 0.15) is 0 Å². The molecule has 0 N–H and O–H groups in total. The van der Waals surface area contributed by atoms with Crippen LogP contribution >= 0.6 is 0 Å². The Hall–Kier alpha value is -1.24. The molecule has 0 radical (unpaired) electrons. The van der Waals surface area contributed by atoms with Gasteiger partial charge in [-0.3, -0.25) is 0 Å². The second-order valence-electron chi connectivity index (χ2n) is 4.35. The number of benzene rings is 1. The molecule has 0 fully saturated rings. The van der Waals surface area contributed by atoms with E-state index in [9.17, 15) is 0 Å². The Balaban J connectivity index is 1.95. The van der Waals surface area contributed by atoms with Crippen LogP contribution in [0.5, 0.6) is 0 Å². The highest BCUT2D eigenvalue weighted by Gasteiger charge is 1.89. The molecule has 0 spiro atoms. The zero-order valence-electron chi connectivity index (χ0n) is 10.9. The Kier molecular flexibility index (Phi) is 8.09. The van der Waals surface area contributed by atoms with Crippen molar-refractivity contribution in [2.24, 2.45) is 0 Å². The first-order valence-electron chi connectivity index (χ1n) is 6.76. The molecular weight excluding hydrogens is 208 g/mol. The monoisotopic (exact) mass is 232 g/mol. The van der Waals surface area contributed by atoms with Crippen LogP contribution in [0.4, 0.5) is 0 Å². The molecule has 0 amide bonds. The summed E-state index contributed by atoms with van der Waals surface area (Å²) in [4.78, 5) is 0. The number of ether oxygens (including phenoxy) is 1. The van der Waals surface area contributed by atoms with Crippen LogP contribution in [0.3, 0.4) is 0 Å². The van der Waals surface area contributed by atoms with Crippen LogP contribution in [0, 0.1) is 0 Å². The highest BCUT2D eigenvalue weighted by atomic mass is 16.5. The molecule has 1 nitrogen and oxygen atoms in total. The highest BCUT2D eigenvalue weighted by Crippen LogP contribution is 2.05. The summed E-state index contributed by atoms with van der Waals surface area (Å²) in [6.07, 6.45) is 11.7. The van der Waals surface area contributed by atoms with Crippen LogP contribution in [-0.2, 0) is 4.74 Å². The van der Waals surface area contributed by atoms with Crippen LogP contribution in [0.1, 0.15) is 51.0 Å². The molecule has 0 saturated heterocycles. The van der Waals surface area contributed by atoms with E-state index in [0.29, 0.717) is 0 Å². The summed E-state index contributed by atoms with van der Waals surface area (Å²) in [5, 5.41) is 0. The lowest BCUT2D eigenvalue weighted by molar-refractivity contribution is 0.243. The average molecular weight is 232 g/mol. The minimum absolute atomic E-state index is 0.843. The summed E-state index contributed by atoms with van der Waals surface area (Å²) in [6.45, 7) is 3.09. The van der Waals surface area contributed by atoms with Gasteiger partial charge in [-0.2, -0.15) is 0 Å². The van der Waals surface area contributed by atoms with Crippen molar-refractivity contribution in [2.75, 3.05) is 6.61 Å². The maximum Gasteiger partial charge on any atom is 0.0873 e.